The molecule has 0 aliphatic heterocycles. The van der Waals surface area contributed by atoms with E-state index in [1.807, 2.05) is 0 Å². The summed E-state index contributed by atoms with van der Waals surface area (Å²) in [5.41, 5.74) is 2.29. The van der Waals surface area contributed by atoms with E-state index in [9.17, 15) is 0 Å². The van der Waals surface area contributed by atoms with Gasteiger partial charge in [0.2, 0.25) is 0 Å². The molecule has 0 heteroatoms. The lowest BCUT2D eigenvalue weighted by Gasteiger charge is -2.40. The molecule has 0 nitrogen and oxygen atoms in total. The van der Waals surface area contributed by atoms with Gasteiger partial charge in [0, 0.05) is 0 Å². The Morgan fingerprint density at radius 3 is 2.11 bits per heavy atom. The van der Waals surface area contributed by atoms with Gasteiger partial charge in [0.1, 0.15) is 0 Å². The van der Waals surface area contributed by atoms with Crippen molar-refractivity contribution in [3.05, 3.63) is 12.2 Å². The Balaban J connectivity index is 2.03. The van der Waals surface area contributed by atoms with Crippen LogP contribution in [0.15, 0.2) is 12.2 Å². The highest BCUT2D eigenvalue weighted by molar-refractivity contribution is 5.16. The SMILES string of the molecule is C=C1CC2(CCCC2)C1. The minimum Gasteiger partial charge on any atom is -0.0998 e. The summed E-state index contributed by atoms with van der Waals surface area (Å²) >= 11 is 0. The molecule has 0 amide bonds. The molecule has 2 saturated carbocycles. The third kappa shape index (κ3) is 0.726. The molecule has 9 heavy (non-hydrogen) atoms. The van der Waals surface area contributed by atoms with E-state index < -0.39 is 0 Å². The Morgan fingerprint density at radius 2 is 1.67 bits per heavy atom. The van der Waals surface area contributed by atoms with E-state index in [1.54, 1.807) is 0 Å². The molecule has 0 aromatic rings. The first-order valence-electron chi connectivity index (χ1n) is 3.97. The van der Waals surface area contributed by atoms with Crippen molar-refractivity contribution in [2.75, 3.05) is 0 Å². The van der Waals surface area contributed by atoms with Crippen molar-refractivity contribution < 1.29 is 0 Å². The van der Waals surface area contributed by atoms with Crippen LogP contribution in [0.5, 0.6) is 0 Å². The maximum atomic E-state index is 3.98. The van der Waals surface area contributed by atoms with Gasteiger partial charge in [-0.1, -0.05) is 25.0 Å². The van der Waals surface area contributed by atoms with Crippen molar-refractivity contribution in [1.82, 2.24) is 0 Å². The second-order valence-electron chi connectivity index (χ2n) is 3.81. The fourth-order valence-electron chi connectivity index (χ4n) is 2.49. The van der Waals surface area contributed by atoms with Crippen LogP contribution in [0.25, 0.3) is 0 Å². The quantitative estimate of drug-likeness (QED) is 0.433. The van der Waals surface area contributed by atoms with Gasteiger partial charge in [-0.05, 0) is 31.1 Å². The Bertz CT molecular complexity index is 128. The smallest absolute Gasteiger partial charge is 0.0223 e. The molecule has 1 spiro atoms. The molecule has 2 aliphatic carbocycles. The topological polar surface area (TPSA) is 0 Å². The third-order valence-electron chi connectivity index (χ3n) is 2.91. The van der Waals surface area contributed by atoms with E-state index in [0.29, 0.717) is 0 Å². The van der Waals surface area contributed by atoms with Crippen molar-refractivity contribution in [2.24, 2.45) is 5.41 Å². The molecule has 2 rings (SSSR count). The van der Waals surface area contributed by atoms with Gasteiger partial charge >= 0.3 is 0 Å². The van der Waals surface area contributed by atoms with Crippen molar-refractivity contribution in [1.29, 1.82) is 0 Å². The fraction of sp³-hybridized carbons (Fsp3) is 0.778. The normalized spacial score (nSPS) is 30.9. The van der Waals surface area contributed by atoms with E-state index in [2.05, 4.69) is 6.58 Å². The molecule has 0 heterocycles. The highest BCUT2D eigenvalue weighted by atomic mass is 14.5. The second kappa shape index (κ2) is 1.62. The number of allylic oxidation sites excluding steroid dienone is 1. The summed E-state index contributed by atoms with van der Waals surface area (Å²) in [5.74, 6) is 0. The van der Waals surface area contributed by atoms with Gasteiger partial charge in [-0.25, -0.2) is 0 Å². The molecule has 0 aromatic carbocycles. The predicted octanol–water partition coefficient (Wildman–Crippen LogP) is 2.90. The lowest BCUT2D eigenvalue weighted by atomic mass is 9.65. The number of hydrogen-bond acceptors (Lipinski definition) is 0. The predicted molar refractivity (Wildman–Crippen MR) is 39.3 cm³/mol. The van der Waals surface area contributed by atoms with Crippen molar-refractivity contribution >= 4 is 0 Å². The summed E-state index contributed by atoms with van der Waals surface area (Å²) in [6.45, 7) is 3.98. The Labute approximate surface area is 57.0 Å². The van der Waals surface area contributed by atoms with Gasteiger partial charge < -0.3 is 0 Å². The minimum atomic E-state index is 0.789. The lowest BCUT2D eigenvalue weighted by molar-refractivity contribution is 0.216. The summed E-state index contributed by atoms with van der Waals surface area (Å²) in [6, 6.07) is 0. The van der Waals surface area contributed by atoms with Crippen LogP contribution in [0.1, 0.15) is 38.5 Å². The maximum absolute atomic E-state index is 3.98. The molecule has 0 unspecified atom stereocenters. The molecule has 50 valence electrons. The standard InChI is InChI=1S/C9H14/c1-8-6-9(7-8)4-2-3-5-9/h1-7H2. The molecule has 2 aliphatic rings. The van der Waals surface area contributed by atoms with E-state index in [1.165, 1.54) is 44.1 Å². The number of hydrogen-bond donors (Lipinski definition) is 0. The first kappa shape index (κ1) is 5.52. The summed E-state index contributed by atoms with van der Waals surface area (Å²) in [4.78, 5) is 0. The fourth-order valence-corrected chi connectivity index (χ4v) is 2.49. The van der Waals surface area contributed by atoms with E-state index in [-0.39, 0.29) is 0 Å². The zero-order valence-electron chi connectivity index (χ0n) is 5.95. The number of rotatable bonds is 0. The Morgan fingerprint density at radius 1 is 1.11 bits per heavy atom. The molecular formula is C9H14. The zero-order chi connectivity index (χ0) is 6.32. The van der Waals surface area contributed by atoms with Crippen LogP contribution in [0.2, 0.25) is 0 Å². The van der Waals surface area contributed by atoms with Gasteiger partial charge in [-0.15, -0.1) is 0 Å². The molecular weight excluding hydrogens is 108 g/mol. The van der Waals surface area contributed by atoms with E-state index in [4.69, 9.17) is 0 Å². The van der Waals surface area contributed by atoms with Crippen LogP contribution in [0.4, 0.5) is 0 Å². The molecule has 0 radical (unpaired) electrons. The van der Waals surface area contributed by atoms with Crippen molar-refractivity contribution in [3.8, 4) is 0 Å². The largest absolute Gasteiger partial charge is 0.0998 e. The highest BCUT2D eigenvalue weighted by Gasteiger charge is 2.41. The van der Waals surface area contributed by atoms with Crippen LogP contribution in [-0.2, 0) is 0 Å². The monoisotopic (exact) mass is 122 g/mol. The third-order valence-corrected chi connectivity index (χ3v) is 2.91. The van der Waals surface area contributed by atoms with E-state index in [0.717, 1.165) is 5.41 Å². The Hall–Kier alpha value is -0.260. The molecule has 0 aromatic heterocycles. The van der Waals surface area contributed by atoms with Crippen LogP contribution in [0, 0.1) is 5.41 Å². The van der Waals surface area contributed by atoms with E-state index >= 15 is 0 Å². The lowest BCUT2D eigenvalue weighted by Crippen LogP contribution is -2.27. The summed E-state index contributed by atoms with van der Waals surface area (Å²) < 4.78 is 0. The van der Waals surface area contributed by atoms with Gasteiger partial charge in [0.15, 0.2) is 0 Å². The van der Waals surface area contributed by atoms with Gasteiger partial charge in [-0.2, -0.15) is 0 Å². The van der Waals surface area contributed by atoms with Gasteiger partial charge in [0.25, 0.3) is 0 Å². The Kier molecular flexibility index (Phi) is 0.992. The first-order chi connectivity index (χ1) is 4.31. The summed E-state index contributed by atoms with van der Waals surface area (Å²) in [6.07, 6.45) is 8.65. The minimum absolute atomic E-state index is 0.789. The van der Waals surface area contributed by atoms with Crippen LogP contribution < -0.4 is 0 Å². The molecule has 0 atom stereocenters. The van der Waals surface area contributed by atoms with Crippen molar-refractivity contribution in [3.63, 3.8) is 0 Å². The van der Waals surface area contributed by atoms with Gasteiger partial charge in [0.05, 0.1) is 0 Å². The zero-order valence-corrected chi connectivity index (χ0v) is 5.95. The molecule has 2 fully saturated rings. The summed E-state index contributed by atoms with van der Waals surface area (Å²) in [5, 5.41) is 0. The molecule has 0 bridgehead atoms. The van der Waals surface area contributed by atoms with Crippen molar-refractivity contribution in [2.45, 2.75) is 38.5 Å². The second-order valence-corrected chi connectivity index (χ2v) is 3.81. The summed E-state index contributed by atoms with van der Waals surface area (Å²) in [7, 11) is 0. The molecule has 0 N–H and O–H groups in total. The average Bonchev–Trinajstić information content (AvgIpc) is 2.12. The maximum Gasteiger partial charge on any atom is -0.0223 e. The van der Waals surface area contributed by atoms with Crippen LogP contribution >= 0.6 is 0 Å². The van der Waals surface area contributed by atoms with Crippen LogP contribution in [0.3, 0.4) is 0 Å². The molecule has 0 saturated heterocycles. The average molecular weight is 122 g/mol. The highest BCUT2D eigenvalue weighted by Crippen LogP contribution is 2.55. The van der Waals surface area contributed by atoms with Crippen LogP contribution in [-0.4, -0.2) is 0 Å². The van der Waals surface area contributed by atoms with Gasteiger partial charge in [-0.3, -0.25) is 0 Å². The first-order valence-corrected chi connectivity index (χ1v) is 3.97.